The number of rotatable bonds is 8. The van der Waals surface area contributed by atoms with E-state index in [4.69, 9.17) is 30.1 Å². The molecule has 1 aromatic heterocycles. The van der Waals surface area contributed by atoms with E-state index in [0.717, 1.165) is 0 Å². The molecule has 1 aliphatic rings. The summed E-state index contributed by atoms with van der Waals surface area (Å²) >= 11 is 7.88. The summed E-state index contributed by atoms with van der Waals surface area (Å²) in [6, 6.07) is 0. The van der Waals surface area contributed by atoms with Crippen LogP contribution in [0.4, 0.5) is 0 Å². The van der Waals surface area contributed by atoms with Gasteiger partial charge in [0, 0.05) is 12.6 Å². The zero-order valence-electron chi connectivity index (χ0n) is 13.6. The van der Waals surface area contributed by atoms with E-state index in [0.29, 0.717) is 6.42 Å². The average molecular weight is 509 g/mol. The molecule has 2 rings (SSSR count). The van der Waals surface area contributed by atoms with Gasteiger partial charge in [0.05, 0.1) is 17.1 Å². The standard InChI is InChI=1S/C13H19ClIN2O7P/c1-3-22-25(20,23-4-2)7-21-12-9(15)5-10(24-12)17-6-8(14)11(18)16-13(17)19/h6,9-10,12H,3-5,7H2,1-2H3,(H,16,18,19)/t9-,10+,12-/m0/s1. The van der Waals surface area contributed by atoms with Gasteiger partial charge in [0.15, 0.2) is 12.6 Å². The number of hydrogen-bond acceptors (Lipinski definition) is 7. The van der Waals surface area contributed by atoms with Crippen LogP contribution in [0.15, 0.2) is 15.8 Å². The lowest BCUT2D eigenvalue weighted by Crippen LogP contribution is -2.32. The number of nitrogens with zero attached hydrogens (tertiary/aromatic N) is 1. The number of hydrogen-bond donors (Lipinski definition) is 1. The maximum absolute atomic E-state index is 12.4. The van der Waals surface area contributed by atoms with Crippen molar-refractivity contribution in [2.45, 2.75) is 36.7 Å². The van der Waals surface area contributed by atoms with E-state index < -0.39 is 31.4 Å². The molecule has 1 fully saturated rings. The molecule has 1 saturated heterocycles. The first-order valence-electron chi connectivity index (χ1n) is 7.60. The lowest BCUT2D eigenvalue weighted by molar-refractivity contribution is -0.139. The molecule has 9 nitrogen and oxygen atoms in total. The molecule has 0 aromatic carbocycles. The fourth-order valence-electron chi connectivity index (χ4n) is 2.27. The van der Waals surface area contributed by atoms with Gasteiger partial charge in [0.2, 0.25) is 0 Å². The highest BCUT2D eigenvalue weighted by atomic mass is 127. The molecule has 1 N–H and O–H groups in total. The predicted molar refractivity (Wildman–Crippen MR) is 99.5 cm³/mol. The van der Waals surface area contributed by atoms with Crippen LogP contribution in [-0.4, -0.2) is 39.3 Å². The van der Waals surface area contributed by atoms with Crippen molar-refractivity contribution in [3.05, 3.63) is 32.1 Å². The monoisotopic (exact) mass is 508 g/mol. The van der Waals surface area contributed by atoms with E-state index in [2.05, 4.69) is 27.6 Å². The minimum Gasteiger partial charge on any atom is -0.339 e. The van der Waals surface area contributed by atoms with E-state index in [-0.39, 0.29) is 28.5 Å². The van der Waals surface area contributed by atoms with E-state index in [1.807, 2.05) is 0 Å². The normalized spacial score (nSPS) is 23.9. The molecule has 0 bridgehead atoms. The molecule has 0 radical (unpaired) electrons. The van der Waals surface area contributed by atoms with Crippen LogP contribution >= 0.6 is 41.8 Å². The Hall–Kier alpha value is -0.230. The van der Waals surface area contributed by atoms with E-state index >= 15 is 0 Å². The van der Waals surface area contributed by atoms with Crippen LogP contribution < -0.4 is 11.2 Å². The van der Waals surface area contributed by atoms with Crippen molar-refractivity contribution in [3.63, 3.8) is 0 Å². The number of aromatic nitrogens is 2. The molecule has 0 saturated carbocycles. The quantitative estimate of drug-likeness (QED) is 0.326. The fourth-order valence-corrected chi connectivity index (χ4v) is 4.57. The molecule has 0 spiro atoms. The predicted octanol–water partition coefficient (Wildman–Crippen LogP) is 2.48. The number of ether oxygens (including phenoxy) is 2. The molecule has 3 atom stereocenters. The third-order valence-corrected chi connectivity index (χ3v) is 6.43. The molecule has 0 aliphatic carbocycles. The Morgan fingerprint density at radius 2 is 2.04 bits per heavy atom. The lowest BCUT2D eigenvalue weighted by atomic mass is 10.3. The van der Waals surface area contributed by atoms with Gasteiger partial charge in [-0.3, -0.25) is 18.9 Å². The Balaban J connectivity index is 2.06. The van der Waals surface area contributed by atoms with E-state index in [9.17, 15) is 14.2 Å². The van der Waals surface area contributed by atoms with E-state index in [1.165, 1.54) is 10.8 Å². The van der Waals surface area contributed by atoms with Crippen molar-refractivity contribution in [1.29, 1.82) is 0 Å². The fraction of sp³-hybridized carbons (Fsp3) is 0.692. The number of H-pyrrole nitrogens is 1. The summed E-state index contributed by atoms with van der Waals surface area (Å²) in [6.45, 7) is 3.88. The minimum atomic E-state index is -3.36. The molecule has 142 valence electrons. The van der Waals surface area contributed by atoms with Crippen molar-refractivity contribution in [3.8, 4) is 0 Å². The zero-order chi connectivity index (χ0) is 18.6. The topological polar surface area (TPSA) is 109 Å². The van der Waals surface area contributed by atoms with Gasteiger partial charge in [-0.1, -0.05) is 34.2 Å². The van der Waals surface area contributed by atoms with Gasteiger partial charge in [-0.25, -0.2) is 4.79 Å². The summed E-state index contributed by atoms with van der Waals surface area (Å²) in [5.74, 6) is 0. The number of halogens is 2. The van der Waals surface area contributed by atoms with Gasteiger partial charge < -0.3 is 18.5 Å². The minimum absolute atomic E-state index is 0.114. The summed E-state index contributed by atoms with van der Waals surface area (Å²) in [4.78, 5) is 25.4. The first-order chi connectivity index (χ1) is 11.8. The molecule has 25 heavy (non-hydrogen) atoms. The molecule has 0 unspecified atom stereocenters. The van der Waals surface area contributed by atoms with Crippen molar-refractivity contribution < 1.29 is 23.1 Å². The molecule has 2 heterocycles. The van der Waals surface area contributed by atoms with Gasteiger partial charge in [-0.05, 0) is 13.8 Å². The van der Waals surface area contributed by atoms with Crippen molar-refractivity contribution in [2.75, 3.05) is 19.6 Å². The van der Waals surface area contributed by atoms with Crippen LogP contribution in [0, 0.1) is 0 Å². The third-order valence-electron chi connectivity index (χ3n) is 3.30. The van der Waals surface area contributed by atoms with Crippen molar-refractivity contribution in [1.82, 2.24) is 9.55 Å². The highest BCUT2D eigenvalue weighted by Crippen LogP contribution is 2.49. The molecule has 0 amide bonds. The van der Waals surface area contributed by atoms with Gasteiger partial charge in [-0.15, -0.1) is 0 Å². The Morgan fingerprint density at radius 1 is 1.40 bits per heavy atom. The lowest BCUT2D eigenvalue weighted by Gasteiger charge is -2.21. The molecule has 1 aromatic rings. The zero-order valence-corrected chi connectivity index (χ0v) is 17.5. The van der Waals surface area contributed by atoms with E-state index in [1.54, 1.807) is 13.8 Å². The summed E-state index contributed by atoms with van der Waals surface area (Å²) in [7, 11) is -3.36. The Labute approximate surface area is 162 Å². The Bertz CT molecular complexity index is 745. The van der Waals surface area contributed by atoms with Crippen LogP contribution in [0.2, 0.25) is 5.02 Å². The largest absolute Gasteiger partial charge is 0.356 e. The van der Waals surface area contributed by atoms with Gasteiger partial charge in [0.25, 0.3) is 5.56 Å². The number of nitrogens with one attached hydrogen (secondary N) is 1. The highest BCUT2D eigenvalue weighted by molar-refractivity contribution is 14.1. The number of aromatic amines is 1. The summed E-state index contributed by atoms with van der Waals surface area (Å²) in [6.07, 6.45) is 0.0444. The second-order valence-corrected chi connectivity index (χ2v) is 9.10. The van der Waals surface area contributed by atoms with Crippen LogP contribution in [0.5, 0.6) is 0 Å². The van der Waals surface area contributed by atoms with Crippen LogP contribution in [0.25, 0.3) is 0 Å². The second-order valence-electron chi connectivity index (χ2n) is 5.10. The van der Waals surface area contributed by atoms with Crippen molar-refractivity contribution in [2.24, 2.45) is 0 Å². The summed E-state index contributed by atoms with van der Waals surface area (Å²) in [5.41, 5.74) is -1.29. The molecular formula is C13H19ClIN2O7P. The molecular weight excluding hydrogens is 489 g/mol. The summed E-state index contributed by atoms with van der Waals surface area (Å²) < 4.78 is 35.1. The summed E-state index contributed by atoms with van der Waals surface area (Å²) in [5, 5.41) is -0.116. The Morgan fingerprint density at radius 3 is 2.64 bits per heavy atom. The third kappa shape index (κ3) is 5.38. The van der Waals surface area contributed by atoms with Gasteiger partial charge in [-0.2, -0.15) is 0 Å². The van der Waals surface area contributed by atoms with Crippen molar-refractivity contribution >= 4 is 41.8 Å². The smallest absolute Gasteiger partial charge is 0.339 e. The van der Waals surface area contributed by atoms with Gasteiger partial charge in [0.1, 0.15) is 11.3 Å². The van der Waals surface area contributed by atoms with Crippen LogP contribution in [0.3, 0.4) is 0 Å². The molecule has 1 aliphatic heterocycles. The highest BCUT2D eigenvalue weighted by Gasteiger charge is 2.38. The Kier molecular flexibility index (Phi) is 7.68. The first-order valence-corrected chi connectivity index (χ1v) is 10.9. The maximum Gasteiger partial charge on any atom is 0.356 e. The number of alkyl halides is 1. The SMILES string of the molecule is CCOP(=O)(CO[C@H]1O[C@@H](n2cc(Cl)c(=O)[nH]c2=O)C[C@@H]1I)OCC. The first kappa shape index (κ1) is 21.1. The average Bonchev–Trinajstić information content (AvgIpc) is 2.90. The van der Waals surface area contributed by atoms with Gasteiger partial charge >= 0.3 is 13.3 Å². The van der Waals surface area contributed by atoms with Crippen LogP contribution in [-0.2, 0) is 23.1 Å². The second kappa shape index (κ2) is 9.12. The van der Waals surface area contributed by atoms with Crippen LogP contribution in [0.1, 0.15) is 26.5 Å². The molecule has 12 heteroatoms. The maximum atomic E-state index is 12.4.